The molecule has 1 aliphatic heterocycles. The fourth-order valence-electron chi connectivity index (χ4n) is 4.31. The van der Waals surface area contributed by atoms with Gasteiger partial charge in [-0.1, -0.05) is 20.8 Å². The van der Waals surface area contributed by atoms with Crippen LogP contribution < -0.4 is 9.64 Å². The van der Waals surface area contributed by atoms with E-state index in [0.717, 1.165) is 16.0 Å². The van der Waals surface area contributed by atoms with Gasteiger partial charge in [0.15, 0.2) is 0 Å². The number of Topliss-reactive ketones (excluding diaryl/α,β-unsaturated/α-hetero) is 1. The first kappa shape index (κ1) is 24.7. The summed E-state index contributed by atoms with van der Waals surface area (Å²) in [5, 5.41) is 13.4. The van der Waals surface area contributed by atoms with Crippen LogP contribution in [0.15, 0.2) is 59.5 Å². The Kier molecular flexibility index (Phi) is 6.56. The third kappa shape index (κ3) is 4.48. The van der Waals surface area contributed by atoms with Gasteiger partial charge in [-0.25, -0.2) is 4.39 Å². The van der Waals surface area contributed by atoms with Gasteiger partial charge in [0.25, 0.3) is 11.7 Å². The summed E-state index contributed by atoms with van der Waals surface area (Å²) >= 11 is 1.40. The van der Waals surface area contributed by atoms with Crippen LogP contribution in [0.3, 0.4) is 0 Å². The summed E-state index contributed by atoms with van der Waals surface area (Å²) in [6.45, 7) is 10.4. The lowest BCUT2D eigenvalue weighted by atomic mass is 9.84. The van der Waals surface area contributed by atoms with Crippen molar-refractivity contribution < 1.29 is 23.8 Å². The van der Waals surface area contributed by atoms with E-state index in [-0.39, 0.29) is 16.7 Å². The van der Waals surface area contributed by atoms with Gasteiger partial charge in [-0.3, -0.25) is 14.5 Å². The van der Waals surface area contributed by atoms with Crippen molar-refractivity contribution in [2.24, 2.45) is 0 Å². The standard InChI is InChI=1S/C28H28FNO4S/c1-6-34-21-12-7-17(15-20(21)28(3,4)5)24(31)22-23(26-16(2)13-14-35-26)30(27(33)25(22)32)19-10-8-18(29)9-11-19/h7-15,23,31H,6H2,1-5H3/b24-22-. The van der Waals surface area contributed by atoms with Crippen LogP contribution in [0.25, 0.3) is 5.76 Å². The van der Waals surface area contributed by atoms with Crippen LogP contribution in [0.5, 0.6) is 5.75 Å². The molecule has 4 rings (SSSR count). The molecular weight excluding hydrogens is 465 g/mol. The van der Waals surface area contributed by atoms with Crippen LogP contribution in [-0.2, 0) is 15.0 Å². The van der Waals surface area contributed by atoms with Gasteiger partial charge in [-0.15, -0.1) is 11.3 Å². The van der Waals surface area contributed by atoms with E-state index in [0.29, 0.717) is 23.6 Å². The fourth-order valence-corrected chi connectivity index (χ4v) is 5.34. The largest absolute Gasteiger partial charge is 0.507 e. The molecule has 3 aromatic rings. The van der Waals surface area contributed by atoms with Crippen molar-refractivity contribution >= 4 is 34.5 Å². The summed E-state index contributed by atoms with van der Waals surface area (Å²) in [5.41, 5.74) is 2.29. The number of benzene rings is 2. The van der Waals surface area contributed by atoms with Crippen molar-refractivity contribution in [3.63, 3.8) is 0 Å². The van der Waals surface area contributed by atoms with Crippen LogP contribution in [0.1, 0.15) is 55.3 Å². The summed E-state index contributed by atoms with van der Waals surface area (Å²) in [7, 11) is 0. The Morgan fingerprint density at radius 3 is 2.37 bits per heavy atom. The predicted molar refractivity (Wildman–Crippen MR) is 137 cm³/mol. The number of hydrogen-bond acceptors (Lipinski definition) is 5. The third-order valence-electron chi connectivity index (χ3n) is 6.06. The number of amides is 1. The number of anilines is 1. The number of halogens is 1. The number of ether oxygens (including phenoxy) is 1. The predicted octanol–water partition coefficient (Wildman–Crippen LogP) is 6.52. The van der Waals surface area contributed by atoms with Gasteiger partial charge in [0.05, 0.1) is 12.2 Å². The van der Waals surface area contributed by atoms with E-state index in [9.17, 15) is 19.1 Å². The Bertz CT molecular complexity index is 1320. The molecule has 1 unspecified atom stereocenters. The highest BCUT2D eigenvalue weighted by Gasteiger charge is 2.48. The molecule has 1 aromatic heterocycles. The monoisotopic (exact) mass is 493 g/mol. The van der Waals surface area contributed by atoms with Gasteiger partial charge < -0.3 is 9.84 Å². The normalized spacial score (nSPS) is 17.8. The van der Waals surface area contributed by atoms with Gasteiger partial charge in [0.1, 0.15) is 23.4 Å². The Balaban J connectivity index is 1.94. The Morgan fingerprint density at radius 2 is 1.80 bits per heavy atom. The topological polar surface area (TPSA) is 66.8 Å². The van der Waals surface area contributed by atoms with E-state index in [1.165, 1.54) is 40.5 Å². The third-order valence-corrected chi connectivity index (χ3v) is 7.13. The number of thiophene rings is 1. The quantitative estimate of drug-likeness (QED) is 0.250. The first-order valence-corrected chi connectivity index (χ1v) is 12.3. The van der Waals surface area contributed by atoms with E-state index in [1.54, 1.807) is 12.1 Å². The number of hydrogen-bond donors (Lipinski definition) is 1. The molecule has 0 saturated carbocycles. The van der Waals surface area contributed by atoms with Crippen LogP contribution in [0.2, 0.25) is 0 Å². The molecule has 0 aliphatic carbocycles. The maximum Gasteiger partial charge on any atom is 0.300 e. The van der Waals surface area contributed by atoms with Gasteiger partial charge in [0.2, 0.25) is 0 Å². The first-order chi connectivity index (χ1) is 16.5. The number of aryl methyl sites for hydroxylation is 1. The summed E-state index contributed by atoms with van der Waals surface area (Å²) in [4.78, 5) is 28.7. The van der Waals surface area contributed by atoms with Gasteiger partial charge in [0, 0.05) is 21.7 Å². The molecule has 1 atom stereocenters. The molecule has 1 N–H and O–H groups in total. The Hall–Kier alpha value is -3.45. The number of carbonyl (C=O) groups excluding carboxylic acids is 2. The van der Waals surface area contributed by atoms with E-state index < -0.39 is 23.5 Å². The van der Waals surface area contributed by atoms with Crippen LogP contribution in [-0.4, -0.2) is 23.4 Å². The van der Waals surface area contributed by atoms with Crippen LogP contribution >= 0.6 is 11.3 Å². The number of rotatable bonds is 5. The van der Waals surface area contributed by atoms with Gasteiger partial charge in [-0.2, -0.15) is 0 Å². The highest BCUT2D eigenvalue weighted by Crippen LogP contribution is 2.45. The zero-order valence-corrected chi connectivity index (χ0v) is 21.2. The lowest BCUT2D eigenvalue weighted by Crippen LogP contribution is -2.29. The molecule has 1 fully saturated rings. The number of aliphatic hydroxyl groups is 1. The molecule has 5 nitrogen and oxygen atoms in total. The van der Waals surface area contributed by atoms with E-state index in [4.69, 9.17) is 4.74 Å². The second-order valence-electron chi connectivity index (χ2n) is 9.51. The molecule has 0 bridgehead atoms. The number of nitrogens with zero attached hydrogens (tertiary/aromatic N) is 1. The molecule has 35 heavy (non-hydrogen) atoms. The van der Waals surface area contributed by atoms with Crippen molar-refractivity contribution in [2.45, 2.75) is 46.1 Å². The average molecular weight is 494 g/mol. The lowest BCUT2D eigenvalue weighted by Gasteiger charge is -2.26. The summed E-state index contributed by atoms with van der Waals surface area (Å²) in [6.07, 6.45) is 0. The van der Waals surface area contributed by atoms with Gasteiger partial charge >= 0.3 is 0 Å². The van der Waals surface area contributed by atoms with Crippen molar-refractivity contribution in [1.29, 1.82) is 0 Å². The van der Waals surface area contributed by atoms with Crippen molar-refractivity contribution in [1.82, 2.24) is 0 Å². The zero-order valence-electron chi connectivity index (χ0n) is 20.4. The van der Waals surface area contributed by atoms with Gasteiger partial charge in [-0.05, 0) is 78.7 Å². The van der Waals surface area contributed by atoms with Crippen LogP contribution in [0.4, 0.5) is 10.1 Å². The van der Waals surface area contributed by atoms with Crippen molar-refractivity contribution in [2.75, 3.05) is 11.5 Å². The van der Waals surface area contributed by atoms with Crippen molar-refractivity contribution in [3.8, 4) is 5.75 Å². The Morgan fingerprint density at radius 1 is 1.11 bits per heavy atom. The number of ketones is 1. The smallest absolute Gasteiger partial charge is 0.300 e. The molecule has 0 radical (unpaired) electrons. The highest BCUT2D eigenvalue weighted by molar-refractivity contribution is 7.10. The minimum absolute atomic E-state index is 0.00824. The fraction of sp³-hybridized carbons (Fsp3) is 0.286. The molecule has 1 saturated heterocycles. The zero-order chi connectivity index (χ0) is 25.5. The Labute approximate surface area is 208 Å². The molecule has 1 amide bonds. The maximum atomic E-state index is 13.6. The summed E-state index contributed by atoms with van der Waals surface area (Å²) in [6, 6.07) is 11.8. The molecule has 7 heteroatoms. The average Bonchev–Trinajstić information content (AvgIpc) is 3.34. The number of carbonyl (C=O) groups is 2. The van der Waals surface area contributed by atoms with E-state index >= 15 is 0 Å². The summed E-state index contributed by atoms with van der Waals surface area (Å²) in [5.74, 6) is -1.54. The number of aliphatic hydroxyl groups excluding tert-OH is 1. The molecule has 0 spiro atoms. The molecule has 1 aliphatic rings. The molecule has 2 aromatic carbocycles. The lowest BCUT2D eigenvalue weighted by molar-refractivity contribution is -0.132. The van der Waals surface area contributed by atoms with E-state index in [2.05, 4.69) is 0 Å². The first-order valence-electron chi connectivity index (χ1n) is 11.4. The SMILES string of the molecule is CCOc1ccc(/C(O)=C2/C(=O)C(=O)N(c3ccc(F)cc3)C2c2sccc2C)cc1C(C)(C)C. The summed E-state index contributed by atoms with van der Waals surface area (Å²) < 4.78 is 19.4. The molecule has 2 heterocycles. The minimum atomic E-state index is -0.829. The van der Waals surface area contributed by atoms with E-state index in [1.807, 2.05) is 52.1 Å². The molecular formula is C28H28FNO4S. The van der Waals surface area contributed by atoms with Crippen molar-refractivity contribution in [3.05, 3.63) is 86.9 Å². The minimum Gasteiger partial charge on any atom is -0.507 e. The second-order valence-corrected chi connectivity index (χ2v) is 10.5. The maximum absolute atomic E-state index is 13.6. The van der Waals surface area contributed by atoms with Crippen LogP contribution in [0, 0.1) is 12.7 Å². The molecule has 182 valence electrons. The highest BCUT2D eigenvalue weighted by atomic mass is 32.1. The second kappa shape index (κ2) is 9.30.